The van der Waals surface area contributed by atoms with Crippen molar-refractivity contribution in [2.75, 3.05) is 5.32 Å². The summed E-state index contributed by atoms with van der Waals surface area (Å²) in [7, 11) is 0. The zero-order valence-electron chi connectivity index (χ0n) is 16.2. The van der Waals surface area contributed by atoms with Crippen LogP contribution in [0, 0.1) is 0 Å². The highest BCUT2D eigenvalue weighted by Gasteiger charge is 2.43. The number of amides is 4. The van der Waals surface area contributed by atoms with Crippen LogP contribution in [0.3, 0.4) is 0 Å². The van der Waals surface area contributed by atoms with Crippen LogP contribution < -0.4 is 20.7 Å². The third-order valence-electron chi connectivity index (χ3n) is 5.46. The van der Waals surface area contributed by atoms with E-state index in [1.54, 1.807) is 43.3 Å². The molecule has 1 saturated carbocycles. The molecule has 2 fully saturated rings. The number of carbonyl (C=O) groups excluding carboxylic acids is 3. The fourth-order valence-electron chi connectivity index (χ4n) is 3.74. The number of benzene rings is 2. The smallest absolute Gasteiger partial charge is 0.322 e. The van der Waals surface area contributed by atoms with Crippen LogP contribution in [-0.2, 0) is 10.3 Å². The summed E-state index contributed by atoms with van der Waals surface area (Å²) < 4.78 is 5.94. The predicted octanol–water partition coefficient (Wildman–Crippen LogP) is 3.31. The zero-order chi connectivity index (χ0) is 20.4. The molecule has 2 aliphatic rings. The summed E-state index contributed by atoms with van der Waals surface area (Å²) in [5.74, 6) is 0.0513. The average molecular weight is 393 g/mol. The predicted molar refractivity (Wildman–Crippen MR) is 108 cm³/mol. The first-order chi connectivity index (χ1) is 13.9. The van der Waals surface area contributed by atoms with Crippen molar-refractivity contribution in [2.24, 2.45) is 0 Å². The zero-order valence-corrected chi connectivity index (χ0v) is 16.2. The fourth-order valence-corrected chi connectivity index (χ4v) is 3.74. The largest absolute Gasteiger partial charge is 0.490 e. The van der Waals surface area contributed by atoms with E-state index in [0.29, 0.717) is 16.8 Å². The standard InChI is InChI=1S/C22H23N3O4/c1-22(20(27)24-21(28)25-22)15-6-4-5-14(13-15)19(26)23-16-9-11-18(12-10-16)29-17-7-2-3-8-17/h4-6,9-13,17H,2-3,7-8H2,1H3,(H,23,26)(H2,24,25,27,28). The number of urea groups is 1. The van der Waals surface area contributed by atoms with E-state index < -0.39 is 17.5 Å². The first-order valence-electron chi connectivity index (χ1n) is 9.76. The molecule has 29 heavy (non-hydrogen) atoms. The van der Waals surface area contributed by atoms with Gasteiger partial charge in [0, 0.05) is 11.3 Å². The molecule has 0 radical (unpaired) electrons. The highest BCUT2D eigenvalue weighted by Crippen LogP contribution is 2.27. The Morgan fingerprint density at radius 1 is 1.10 bits per heavy atom. The number of carbonyl (C=O) groups is 3. The Bertz CT molecular complexity index is 951. The maximum atomic E-state index is 12.7. The molecule has 1 aliphatic heterocycles. The lowest BCUT2D eigenvalue weighted by Gasteiger charge is -2.21. The lowest BCUT2D eigenvalue weighted by molar-refractivity contribution is -0.123. The second kappa shape index (κ2) is 7.58. The average Bonchev–Trinajstić information content (AvgIpc) is 3.31. The van der Waals surface area contributed by atoms with Crippen molar-refractivity contribution in [3.63, 3.8) is 0 Å². The van der Waals surface area contributed by atoms with E-state index in [2.05, 4.69) is 16.0 Å². The fraction of sp³-hybridized carbons (Fsp3) is 0.318. The lowest BCUT2D eigenvalue weighted by Crippen LogP contribution is -2.40. The van der Waals surface area contributed by atoms with Crippen LogP contribution in [0.15, 0.2) is 48.5 Å². The first-order valence-corrected chi connectivity index (χ1v) is 9.76. The van der Waals surface area contributed by atoms with E-state index in [-0.39, 0.29) is 12.0 Å². The van der Waals surface area contributed by atoms with Gasteiger partial charge in [-0.25, -0.2) is 4.79 Å². The molecule has 1 aliphatic carbocycles. The van der Waals surface area contributed by atoms with Gasteiger partial charge in [-0.2, -0.15) is 0 Å². The molecule has 1 heterocycles. The third kappa shape index (κ3) is 3.94. The molecule has 0 bridgehead atoms. The highest BCUT2D eigenvalue weighted by molar-refractivity contribution is 6.08. The molecule has 3 N–H and O–H groups in total. The minimum Gasteiger partial charge on any atom is -0.490 e. The Labute approximate surface area is 168 Å². The van der Waals surface area contributed by atoms with Crippen molar-refractivity contribution in [1.82, 2.24) is 10.6 Å². The maximum absolute atomic E-state index is 12.7. The Hall–Kier alpha value is -3.35. The van der Waals surface area contributed by atoms with Gasteiger partial charge in [-0.3, -0.25) is 14.9 Å². The molecular weight excluding hydrogens is 370 g/mol. The normalized spacial score (nSPS) is 21.6. The van der Waals surface area contributed by atoms with Crippen LogP contribution in [0.4, 0.5) is 10.5 Å². The van der Waals surface area contributed by atoms with Crippen LogP contribution in [0.1, 0.15) is 48.5 Å². The Balaban J connectivity index is 1.45. The summed E-state index contributed by atoms with van der Waals surface area (Å²) in [6.07, 6.45) is 4.89. The third-order valence-corrected chi connectivity index (χ3v) is 5.46. The van der Waals surface area contributed by atoms with Gasteiger partial charge in [0.2, 0.25) is 0 Å². The summed E-state index contributed by atoms with van der Waals surface area (Å²) in [4.78, 5) is 36.3. The second-order valence-electron chi connectivity index (χ2n) is 7.62. The van der Waals surface area contributed by atoms with Crippen LogP contribution in [-0.4, -0.2) is 23.9 Å². The molecule has 1 atom stereocenters. The summed E-state index contributed by atoms with van der Waals surface area (Å²) in [5.41, 5.74) is 0.377. The van der Waals surface area contributed by atoms with Gasteiger partial charge in [0.05, 0.1) is 6.10 Å². The number of hydrogen-bond donors (Lipinski definition) is 3. The van der Waals surface area contributed by atoms with Crippen molar-refractivity contribution in [3.05, 3.63) is 59.7 Å². The van der Waals surface area contributed by atoms with Crippen molar-refractivity contribution in [2.45, 2.75) is 44.2 Å². The number of nitrogens with one attached hydrogen (secondary N) is 3. The second-order valence-corrected chi connectivity index (χ2v) is 7.62. The highest BCUT2D eigenvalue weighted by atomic mass is 16.5. The van der Waals surface area contributed by atoms with Crippen molar-refractivity contribution < 1.29 is 19.1 Å². The molecular formula is C22H23N3O4. The summed E-state index contributed by atoms with van der Waals surface area (Å²) in [5, 5.41) is 7.67. The van der Waals surface area contributed by atoms with Crippen LogP contribution in [0.5, 0.6) is 5.75 Å². The molecule has 7 heteroatoms. The number of ether oxygens (including phenoxy) is 1. The molecule has 1 saturated heterocycles. The Morgan fingerprint density at radius 2 is 1.83 bits per heavy atom. The summed E-state index contributed by atoms with van der Waals surface area (Å²) >= 11 is 0. The molecule has 4 amide bonds. The van der Waals surface area contributed by atoms with Gasteiger partial charge in [0.1, 0.15) is 11.3 Å². The SMILES string of the molecule is CC1(c2cccc(C(=O)Nc3ccc(OC4CCCC4)cc3)c2)NC(=O)NC1=O. The molecule has 1 unspecified atom stereocenters. The van der Waals surface area contributed by atoms with E-state index in [4.69, 9.17) is 4.74 Å². The molecule has 150 valence electrons. The first kappa shape index (κ1) is 19.0. The van der Waals surface area contributed by atoms with E-state index in [1.165, 1.54) is 12.8 Å². The Kier molecular flexibility index (Phi) is 4.96. The van der Waals surface area contributed by atoms with Crippen molar-refractivity contribution in [3.8, 4) is 5.75 Å². The van der Waals surface area contributed by atoms with Gasteiger partial charge < -0.3 is 15.4 Å². The van der Waals surface area contributed by atoms with Gasteiger partial charge in [-0.1, -0.05) is 12.1 Å². The van der Waals surface area contributed by atoms with Gasteiger partial charge in [-0.05, 0) is 74.6 Å². The van der Waals surface area contributed by atoms with E-state index in [0.717, 1.165) is 18.6 Å². The maximum Gasteiger partial charge on any atom is 0.322 e. The molecule has 0 spiro atoms. The monoisotopic (exact) mass is 393 g/mol. The van der Waals surface area contributed by atoms with Crippen LogP contribution in [0.25, 0.3) is 0 Å². The minimum absolute atomic E-state index is 0.285. The van der Waals surface area contributed by atoms with Gasteiger partial charge in [0.25, 0.3) is 11.8 Å². The summed E-state index contributed by atoms with van der Waals surface area (Å²) in [6.45, 7) is 1.60. The summed E-state index contributed by atoms with van der Waals surface area (Å²) in [6, 6.07) is 13.4. The molecule has 7 nitrogen and oxygen atoms in total. The van der Waals surface area contributed by atoms with Gasteiger partial charge in [0.15, 0.2) is 0 Å². The number of hydrogen-bond acceptors (Lipinski definition) is 4. The van der Waals surface area contributed by atoms with Crippen molar-refractivity contribution >= 4 is 23.5 Å². The van der Waals surface area contributed by atoms with E-state index >= 15 is 0 Å². The lowest BCUT2D eigenvalue weighted by atomic mass is 9.91. The number of rotatable bonds is 5. The minimum atomic E-state index is -1.20. The van der Waals surface area contributed by atoms with Crippen molar-refractivity contribution in [1.29, 1.82) is 0 Å². The van der Waals surface area contributed by atoms with E-state index in [9.17, 15) is 14.4 Å². The van der Waals surface area contributed by atoms with Gasteiger partial charge >= 0.3 is 6.03 Å². The van der Waals surface area contributed by atoms with E-state index in [1.807, 2.05) is 12.1 Å². The van der Waals surface area contributed by atoms with Crippen LogP contribution in [0.2, 0.25) is 0 Å². The number of imide groups is 1. The van der Waals surface area contributed by atoms with Gasteiger partial charge in [-0.15, -0.1) is 0 Å². The topological polar surface area (TPSA) is 96.5 Å². The molecule has 2 aromatic carbocycles. The molecule has 0 aromatic heterocycles. The quantitative estimate of drug-likeness (QED) is 0.679. The Morgan fingerprint density at radius 3 is 2.48 bits per heavy atom. The number of anilines is 1. The van der Waals surface area contributed by atoms with Crippen LogP contribution >= 0.6 is 0 Å². The molecule has 2 aromatic rings. The molecule has 4 rings (SSSR count).